The maximum absolute atomic E-state index is 14.1. The summed E-state index contributed by atoms with van der Waals surface area (Å²) in [6.07, 6.45) is -9.96. The van der Waals surface area contributed by atoms with Gasteiger partial charge in [0.05, 0.1) is 29.1 Å². The van der Waals surface area contributed by atoms with E-state index in [1.807, 2.05) is 0 Å². The summed E-state index contributed by atoms with van der Waals surface area (Å²) in [6.45, 7) is 3.64. The Balaban J connectivity index is 1.86. The number of hydrogen-bond acceptors (Lipinski definition) is 4. The van der Waals surface area contributed by atoms with Gasteiger partial charge < -0.3 is 9.64 Å². The number of hydrogen-bond donors (Lipinski definition) is 0. The molecule has 0 spiro atoms. The van der Waals surface area contributed by atoms with Crippen LogP contribution in [0.25, 0.3) is 0 Å². The van der Waals surface area contributed by atoms with Gasteiger partial charge in [-0.25, -0.2) is 9.78 Å². The molecule has 42 heavy (non-hydrogen) atoms. The number of fused-ring (bicyclic) bond motifs is 1. The third kappa shape index (κ3) is 7.08. The number of pyridine rings is 1. The van der Waals surface area contributed by atoms with Gasteiger partial charge >= 0.3 is 22.4 Å². The molecule has 1 fully saturated rings. The van der Waals surface area contributed by atoms with Crippen LogP contribution >= 0.6 is 22.6 Å². The molecule has 0 radical (unpaired) electrons. The van der Waals surface area contributed by atoms with Crippen LogP contribution < -0.4 is 4.90 Å². The Hall–Kier alpha value is -2.72. The third-order valence-electron chi connectivity index (χ3n) is 7.04. The molecule has 0 N–H and O–H groups in total. The largest absolute Gasteiger partial charge is 0.446 e. The van der Waals surface area contributed by atoms with Gasteiger partial charge in [-0.3, -0.25) is 9.69 Å². The number of rotatable bonds is 6. The van der Waals surface area contributed by atoms with Crippen LogP contribution in [0.2, 0.25) is 0 Å². The fraction of sp³-hybridized carbons (Fsp3) is 0.519. The molecule has 2 atom stereocenters. The van der Waals surface area contributed by atoms with Crippen molar-refractivity contribution in [1.82, 2.24) is 9.88 Å². The molecular weight excluding hydrogens is 693 g/mol. The zero-order chi connectivity index (χ0) is 31.4. The first-order valence-corrected chi connectivity index (χ1v) is 14.0. The number of benzene rings is 1. The first-order valence-electron chi connectivity index (χ1n) is 12.9. The van der Waals surface area contributed by atoms with E-state index in [2.05, 4.69) is 4.98 Å². The van der Waals surface area contributed by atoms with Gasteiger partial charge in [-0.15, -0.1) is 0 Å². The van der Waals surface area contributed by atoms with Gasteiger partial charge in [0, 0.05) is 47.7 Å². The highest BCUT2D eigenvalue weighted by Crippen LogP contribution is 2.49. The Morgan fingerprint density at radius 2 is 1.64 bits per heavy atom. The second-order valence-corrected chi connectivity index (χ2v) is 12.0. The van der Waals surface area contributed by atoms with E-state index in [4.69, 9.17) is 4.74 Å². The number of ether oxygens (including phenoxy) is 1. The van der Waals surface area contributed by atoms with Crippen molar-refractivity contribution >= 4 is 40.3 Å². The highest BCUT2D eigenvalue weighted by Gasteiger charge is 2.48. The summed E-state index contributed by atoms with van der Waals surface area (Å²) in [5, 5.41) is 0. The lowest BCUT2D eigenvalue weighted by molar-refractivity contribution is -0.141. The predicted molar refractivity (Wildman–Crippen MR) is 143 cm³/mol. The highest BCUT2D eigenvalue weighted by molar-refractivity contribution is 14.1. The van der Waals surface area contributed by atoms with Crippen LogP contribution in [0.1, 0.15) is 74.2 Å². The van der Waals surface area contributed by atoms with Crippen LogP contribution in [0.3, 0.4) is 0 Å². The fourth-order valence-electron chi connectivity index (χ4n) is 5.10. The molecular formula is C27H26F8IN3O3. The van der Waals surface area contributed by atoms with Gasteiger partial charge in [0.15, 0.2) is 0 Å². The molecule has 1 aromatic carbocycles. The van der Waals surface area contributed by atoms with Crippen LogP contribution in [0.15, 0.2) is 30.3 Å². The van der Waals surface area contributed by atoms with Crippen molar-refractivity contribution in [2.75, 3.05) is 4.90 Å². The second-order valence-electron chi connectivity index (χ2n) is 10.6. The van der Waals surface area contributed by atoms with Crippen molar-refractivity contribution in [2.45, 2.75) is 81.0 Å². The van der Waals surface area contributed by atoms with Crippen molar-refractivity contribution in [3.63, 3.8) is 0 Å². The molecule has 1 saturated carbocycles. The van der Waals surface area contributed by atoms with Gasteiger partial charge in [-0.2, -0.15) is 35.1 Å². The normalized spacial score (nSPS) is 19.5. The van der Waals surface area contributed by atoms with E-state index in [-0.39, 0.29) is 29.3 Å². The van der Waals surface area contributed by atoms with Gasteiger partial charge in [-0.05, 0) is 74.9 Å². The van der Waals surface area contributed by atoms with E-state index in [0.717, 1.165) is 24.0 Å². The first-order chi connectivity index (χ1) is 19.3. The van der Waals surface area contributed by atoms with Gasteiger partial charge in [0.1, 0.15) is 5.69 Å². The molecule has 230 valence electrons. The van der Waals surface area contributed by atoms with E-state index >= 15 is 0 Å². The summed E-state index contributed by atoms with van der Waals surface area (Å²) < 4.78 is 112. The van der Waals surface area contributed by atoms with E-state index in [1.165, 1.54) is 4.90 Å². The number of nitrogens with zero attached hydrogens (tertiary/aromatic N) is 3. The third-order valence-corrected chi connectivity index (χ3v) is 7.67. The predicted octanol–water partition coefficient (Wildman–Crippen LogP) is 8.23. The number of halogens is 9. The molecule has 1 aliphatic carbocycles. The van der Waals surface area contributed by atoms with Crippen molar-refractivity contribution in [3.05, 3.63) is 58.4 Å². The average molecular weight is 719 g/mol. The summed E-state index contributed by atoms with van der Waals surface area (Å²) in [6, 6.07) is 1.67. The topological polar surface area (TPSA) is 62.7 Å². The Kier molecular flexibility index (Phi) is 8.75. The first kappa shape index (κ1) is 32.2. The monoisotopic (exact) mass is 719 g/mol. The standard InChI is InChI=1S/C27H26F8IN3O3/c1-13(2)42-24(41)39-19-6-7-22(26(31,32)33)37-23(19)21(11-20(39)16-4-5-16)38(14(3)40)12-15-8-17(25(28,29)30)10-18(9-15)27(34,35)36/h6-10,13,16,20-21H,4-5,11-12H2,1-3H3. The van der Waals surface area contributed by atoms with Crippen LogP contribution in [0.4, 0.5) is 45.6 Å². The number of carbonyl (C=O) groups excluding carboxylic acids is 2. The van der Waals surface area contributed by atoms with E-state index in [9.17, 15) is 44.7 Å². The van der Waals surface area contributed by atoms with E-state index in [0.29, 0.717) is 53.6 Å². The van der Waals surface area contributed by atoms with E-state index in [1.54, 1.807) is 13.8 Å². The minimum atomic E-state index is -4.98. The molecule has 0 saturated heterocycles. The van der Waals surface area contributed by atoms with Crippen molar-refractivity contribution in [1.29, 1.82) is 0 Å². The highest BCUT2D eigenvalue weighted by atomic mass is 127. The lowest BCUT2D eigenvalue weighted by atomic mass is 9.90. The Labute approximate surface area is 249 Å². The number of aromatic nitrogens is 1. The SMILES string of the molecule is CC(=O)N(Cc1cc(C(F)(F)F)cc(C(F)(F)I)c1)C1CC(C2CC2)N(C(=O)OC(C)C)c2ccc(C(F)(F)F)nc21. The zero-order valence-electron chi connectivity index (χ0n) is 22.5. The second kappa shape index (κ2) is 11.4. The smallest absolute Gasteiger partial charge is 0.433 e. The summed E-state index contributed by atoms with van der Waals surface area (Å²) in [5.41, 5.74) is -4.25. The molecule has 15 heteroatoms. The average Bonchev–Trinajstić information content (AvgIpc) is 3.69. The van der Waals surface area contributed by atoms with Crippen molar-refractivity contribution in [3.8, 4) is 0 Å². The number of alkyl halides is 9. The summed E-state index contributed by atoms with van der Waals surface area (Å²) in [4.78, 5) is 32.1. The molecule has 1 aliphatic heterocycles. The molecule has 2 aliphatic rings. The molecule has 4 rings (SSSR count). The summed E-state index contributed by atoms with van der Waals surface area (Å²) in [7, 11) is 0. The molecule has 2 amide bonds. The Morgan fingerprint density at radius 1 is 1.02 bits per heavy atom. The van der Waals surface area contributed by atoms with Gasteiger partial charge in [0.2, 0.25) is 5.91 Å². The number of carbonyl (C=O) groups is 2. The Morgan fingerprint density at radius 3 is 2.14 bits per heavy atom. The van der Waals surface area contributed by atoms with Gasteiger partial charge in [-0.1, -0.05) is 0 Å². The van der Waals surface area contributed by atoms with E-state index < -0.39 is 69.8 Å². The molecule has 6 nitrogen and oxygen atoms in total. The molecule has 1 aromatic heterocycles. The van der Waals surface area contributed by atoms with Crippen LogP contribution in [0, 0.1) is 5.92 Å². The summed E-state index contributed by atoms with van der Waals surface area (Å²) >= 11 is 0.692. The van der Waals surface area contributed by atoms with Crippen molar-refractivity contribution < 1.29 is 49.4 Å². The molecule has 2 aromatic rings. The lowest BCUT2D eigenvalue weighted by Crippen LogP contribution is -2.50. The Bertz CT molecular complexity index is 1320. The number of anilines is 1. The molecule has 2 unspecified atom stereocenters. The van der Waals surface area contributed by atoms with Crippen LogP contribution in [0.5, 0.6) is 0 Å². The number of amides is 2. The maximum Gasteiger partial charge on any atom is 0.433 e. The van der Waals surface area contributed by atoms with Crippen LogP contribution in [-0.4, -0.2) is 34.0 Å². The zero-order valence-corrected chi connectivity index (χ0v) is 24.7. The molecule has 2 heterocycles. The summed E-state index contributed by atoms with van der Waals surface area (Å²) in [5.74, 6) is -0.813. The maximum atomic E-state index is 14.1. The quantitative estimate of drug-likeness (QED) is 0.172. The molecule has 0 bridgehead atoms. The fourth-order valence-corrected chi connectivity index (χ4v) is 5.41. The lowest BCUT2D eigenvalue weighted by Gasteiger charge is -2.43. The minimum absolute atomic E-state index is 0.0309. The minimum Gasteiger partial charge on any atom is -0.446 e. The van der Waals surface area contributed by atoms with Crippen LogP contribution in [-0.2, 0) is 32.4 Å². The van der Waals surface area contributed by atoms with Gasteiger partial charge in [0.25, 0.3) is 0 Å². The van der Waals surface area contributed by atoms with Crippen molar-refractivity contribution in [2.24, 2.45) is 5.92 Å².